The first-order chi connectivity index (χ1) is 11.2. The lowest BCUT2D eigenvalue weighted by molar-refractivity contribution is -0.382. The fraction of sp³-hybridized carbons (Fsp3) is 0.176. The number of hydrogen-bond acceptors (Lipinski definition) is 5. The molecule has 1 saturated heterocycles. The van der Waals surface area contributed by atoms with Crippen molar-refractivity contribution in [3.05, 3.63) is 54.5 Å². The highest BCUT2D eigenvalue weighted by atomic mass is 16.9. The Balaban J connectivity index is 1.74. The summed E-state index contributed by atoms with van der Waals surface area (Å²) >= 11 is 0. The van der Waals surface area contributed by atoms with Crippen LogP contribution in [0.1, 0.15) is 24.3 Å². The summed E-state index contributed by atoms with van der Waals surface area (Å²) in [7, 11) is 0. The molecule has 116 valence electrons. The number of ether oxygens (including phenoxy) is 2. The van der Waals surface area contributed by atoms with Crippen LogP contribution >= 0.6 is 0 Å². The molecule has 6 heteroatoms. The van der Waals surface area contributed by atoms with Crippen LogP contribution in [0.3, 0.4) is 0 Å². The van der Waals surface area contributed by atoms with Crippen molar-refractivity contribution in [3.63, 3.8) is 0 Å². The molecule has 0 amide bonds. The summed E-state index contributed by atoms with van der Waals surface area (Å²) in [4.78, 5) is 11.8. The van der Waals surface area contributed by atoms with Gasteiger partial charge in [0.2, 0.25) is 0 Å². The Hall–Kier alpha value is -2.70. The standard InChI is InChI=1S/C17H16N4O2/c1-3-11-5-4-6-12(7-11)21-16-14-13(17-22-10(2)23-17)8-18-15(14)19-9-20-16/h3-10,17H,1H2,2H3,(H2,18,19,20,21). The normalized spacial score (nSPS) is 20.2. The molecule has 1 fully saturated rings. The van der Waals surface area contributed by atoms with E-state index < -0.39 is 0 Å². The minimum atomic E-state index is -0.384. The van der Waals surface area contributed by atoms with E-state index in [1.807, 2.05) is 37.4 Å². The third-order valence-corrected chi connectivity index (χ3v) is 3.77. The minimum absolute atomic E-state index is 0.185. The molecular formula is C17H16N4O2. The molecule has 0 radical (unpaired) electrons. The van der Waals surface area contributed by atoms with E-state index in [0.717, 1.165) is 27.8 Å². The Bertz CT molecular complexity index is 868. The van der Waals surface area contributed by atoms with Crippen LogP contribution in [-0.2, 0) is 9.47 Å². The van der Waals surface area contributed by atoms with Crippen LogP contribution < -0.4 is 5.32 Å². The Labute approximate surface area is 133 Å². The van der Waals surface area contributed by atoms with Gasteiger partial charge in [-0.3, -0.25) is 0 Å². The zero-order chi connectivity index (χ0) is 15.8. The van der Waals surface area contributed by atoms with Crippen molar-refractivity contribution in [3.8, 4) is 0 Å². The van der Waals surface area contributed by atoms with Crippen molar-refractivity contribution < 1.29 is 9.47 Å². The largest absolute Gasteiger partial charge is 0.346 e. The number of nitrogens with one attached hydrogen (secondary N) is 2. The van der Waals surface area contributed by atoms with Gasteiger partial charge in [-0.05, 0) is 24.6 Å². The van der Waals surface area contributed by atoms with Gasteiger partial charge in [-0.25, -0.2) is 9.97 Å². The van der Waals surface area contributed by atoms with E-state index in [1.54, 1.807) is 6.08 Å². The zero-order valence-corrected chi connectivity index (χ0v) is 12.6. The molecular weight excluding hydrogens is 292 g/mol. The van der Waals surface area contributed by atoms with Crippen LogP contribution in [0.15, 0.2) is 43.4 Å². The number of H-pyrrole nitrogens is 1. The summed E-state index contributed by atoms with van der Waals surface area (Å²) < 4.78 is 11.2. The molecule has 23 heavy (non-hydrogen) atoms. The average Bonchev–Trinajstić information content (AvgIpc) is 2.97. The lowest BCUT2D eigenvalue weighted by Gasteiger charge is -2.33. The van der Waals surface area contributed by atoms with Gasteiger partial charge in [0, 0.05) is 17.4 Å². The molecule has 2 N–H and O–H groups in total. The van der Waals surface area contributed by atoms with Gasteiger partial charge in [-0.15, -0.1) is 0 Å². The van der Waals surface area contributed by atoms with Gasteiger partial charge in [0.25, 0.3) is 0 Å². The van der Waals surface area contributed by atoms with Crippen molar-refractivity contribution in [2.24, 2.45) is 0 Å². The smallest absolute Gasteiger partial charge is 0.192 e. The predicted octanol–water partition coefficient (Wildman–Crippen LogP) is 3.74. The fourth-order valence-corrected chi connectivity index (χ4v) is 2.65. The average molecular weight is 308 g/mol. The number of nitrogens with zero attached hydrogens (tertiary/aromatic N) is 2. The van der Waals surface area contributed by atoms with Gasteiger partial charge in [0.15, 0.2) is 12.6 Å². The molecule has 1 aliphatic heterocycles. The molecule has 0 bridgehead atoms. The van der Waals surface area contributed by atoms with E-state index >= 15 is 0 Å². The van der Waals surface area contributed by atoms with E-state index in [-0.39, 0.29) is 12.6 Å². The third-order valence-electron chi connectivity index (χ3n) is 3.77. The maximum Gasteiger partial charge on any atom is 0.192 e. The number of anilines is 2. The first-order valence-corrected chi connectivity index (χ1v) is 7.37. The maximum absolute atomic E-state index is 5.59. The monoisotopic (exact) mass is 308 g/mol. The van der Waals surface area contributed by atoms with Gasteiger partial charge in [0.1, 0.15) is 17.8 Å². The van der Waals surface area contributed by atoms with Gasteiger partial charge < -0.3 is 19.8 Å². The fourth-order valence-electron chi connectivity index (χ4n) is 2.65. The summed E-state index contributed by atoms with van der Waals surface area (Å²) in [5, 5.41) is 4.20. The van der Waals surface area contributed by atoms with Crippen LogP contribution in [-0.4, -0.2) is 21.2 Å². The number of benzene rings is 1. The number of fused-ring (bicyclic) bond motifs is 1. The number of aromatic amines is 1. The molecule has 3 heterocycles. The first kappa shape index (κ1) is 13.9. The second-order valence-corrected chi connectivity index (χ2v) is 5.32. The van der Waals surface area contributed by atoms with Crippen molar-refractivity contribution in [1.29, 1.82) is 0 Å². The second-order valence-electron chi connectivity index (χ2n) is 5.32. The van der Waals surface area contributed by atoms with Crippen molar-refractivity contribution in [2.45, 2.75) is 19.5 Å². The van der Waals surface area contributed by atoms with Crippen LogP contribution in [0.25, 0.3) is 17.1 Å². The molecule has 6 nitrogen and oxygen atoms in total. The van der Waals surface area contributed by atoms with Crippen LogP contribution in [0.4, 0.5) is 11.5 Å². The first-order valence-electron chi connectivity index (χ1n) is 7.37. The van der Waals surface area contributed by atoms with Crippen LogP contribution in [0, 0.1) is 0 Å². The highest BCUT2D eigenvalue weighted by Crippen LogP contribution is 2.37. The topological polar surface area (TPSA) is 72.1 Å². The van der Waals surface area contributed by atoms with Crippen LogP contribution in [0.2, 0.25) is 0 Å². The van der Waals surface area contributed by atoms with E-state index in [1.165, 1.54) is 6.33 Å². The summed E-state index contributed by atoms with van der Waals surface area (Å²) in [6.45, 7) is 5.66. The van der Waals surface area contributed by atoms with Crippen molar-refractivity contribution in [1.82, 2.24) is 15.0 Å². The lowest BCUT2D eigenvalue weighted by atomic mass is 10.2. The van der Waals surface area contributed by atoms with Crippen molar-refractivity contribution in [2.75, 3.05) is 5.32 Å². The molecule has 0 saturated carbocycles. The molecule has 2 aromatic heterocycles. The molecule has 4 rings (SSSR count). The Morgan fingerprint density at radius 1 is 1.30 bits per heavy atom. The number of aromatic nitrogens is 3. The second kappa shape index (κ2) is 5.49. The molecule has 3 aromatic rings. The zero-order valence-electron chi connectivity index (χ0n) is 12.6. The summed E-state index contributed by atoms with van der Waals surface area (Å²) in [6.07, 6.45) is 4.61. The molecule has 0 unspecified atom stereocenters. The van der Waals surface area contributed by atoms with Gasteiger partial charge in [0.05, 0.1) is 5.39 Å². The lowest BCUT2D eigenvalue weighted by Crippen LogP contribution is -2.31. The SMILES string of the molecule is C=Cc1cccc(Nc2ncnc3[nH]cc(C4OC(C)O4)c23)c1. The maximum atomic E-state index is 5.59. The molecule has 1 aromatic carbocycles. The Kier molecular flexibility index (Phi) is 3.33. The summed E-state index contributed by atoms with van der Waals surface area (Å²) in [5.74, 6) is 0.708. The van der Waals surface area contributed by atoms with Gasteiger partial charge in [-0.2, -0.15) is 0 Å². The summed E-state index contributed by atoms with van der Waals surface area (Å²) in [6, 6.07) is 7.94. The minimum Gasteiger partial charge on any atom is -0.346 e. The number of rotatable bonds is 4. The quantitative estimate of drug-likeness (QED) is 0.768. The Morgan fingerprint density at radius 2 is 2.17 bits per heavy atom. The van der Waals surface area contributed by atoms with E-state index in [9.17, 15) is 0 Å². The van der Waals surface area contributed by atoms with E-state index in [2.05, 4.69) is 26.8 Å². The van der Waals surface area contributed by atoms with E-state index in [4.69, 9.17) is 9.47 Å². The molecule has 0 spiro atoms. The van der Waals surface area contributed by atoms with E-state index in [0.29, 0.717) is 5.82 Å². The third kappa shape index (κ3) is 2.48. The highest BCUT2D eigenvalue weighted by Gasteiger charge is 2.31. The number of hydrogen-bond donors (Lipinski definition) is 2. The predicted molar refractivity (Wildman–Crippen MR) is 88.1 cm³/mol. The molecule has 0 atom stereocenters. The molecule has 0 aliphatic carbocycles. The van der Waals surface area contributed by atoms with Gasteiger partial charge in [-0.1, -0.05) is 24.8 Å². The van der Waals surface area contributed by atoms with Gasteiger partial charge >= 0.3 is 0 Å². The Morgan fingerprint density at radius 3 is 2.96 bits per heavy atom. The molecule has 1 aliphatic rings. The highest BCUT2D eigenvalue weighted by molar-refractivity contribution is 5.92. The van der Waals surface area contributed by atoms with Crippen molar-refractivity contribution >= 4 is 28.6 Å². The summed E-state index contributed by atoms with van der Waals surface area (Å²) in [5.41, 5.74) is 3.60. The van der Waals surface area contributed by atoms with Crippen LogP contribution in [0.5, 0.6) is 0 Å².